The SMILES string of the molecule is COc1cccc(OC)c1C1CC(=O)CC(c2c(OC)cccc2OC)P1c1c(-c2c(C)c(C)cc(C)c2C)cccc1-c1c(C)c(C)cc(C)c1C. The topological polar surface area (TPSA) is 54.0 Å². The molecule has 6 rings (SSSR count). The smallest absolute Gasteiger partial charge is 0.134 e. The Labute approximate surface area is 317 Å². The van der Waals surface area contributed by atoms with Crippen molar-refractivity contribution in [1.29, 1.82) is 0 Å². The lowest BCUT2D eigenvalue weighted by molar-refractivity contribution is -0.119. The van der Waals surface area contributed by atoms with Gasteiger partial charge in [0.25, 0.3) is 0 Å². The number of Topliss-reactive ketones (excluding diaryl/α,β-unsaturated/α-hetero) is 1. The zero-order chi connectivity index (χ0) is 38.3. The Morgan fingerprint density at radius 3 is 1.09 bits per heavy atom. The summed E-state index contributed by atoms with van der Waals surface area (Å²) in [4.78, 5) is 14.4. The molecule has 5 aromatic rings. The Hall–Kier alpha value is -4.60. The fourth-order valence-electron chi connectivity index (χ4n) is 8.61. The summed E-state index contributed by atoms with van der Waals surface area (Å²) < 4.78 is 24.5. The van der Waals surface area contributed by atoms with Gasteiger partial charge in [-0.25, -0.2) is 0 Å². The molecule has 5 aromatic carbocycles. The fourth-order valence-corrected chi connectivity index (χ4v) is 12.5. The first-order valence-corrected chi connectivity index (χ1v) is 19.9. The third kappa shape index (κ3) is 6.63. The quantitative estimate of drug-likeness (QED) is 0.141. The van der Waals surface area contributed by atoms with E-state index in [-0.39, 0.29) is 17.1 Å². The summed E-state index contributed by atoms with van der Waals surface area (Å²) >= 11 is 0. The van der Waals surface area contributed by atoms with E-state index in [1.54, 1.807) is 28.4 Å². The largest absolute Gasteiger partial charge is 0.496 e. The molecule has 1 heterocycles. The van der Waals surface area contributed by atoms with Crippen LogP contribution in [0.1, 0.15) is 79.8 Å². The second-order valence-electron chi connectivity index (χ2n) is 14.5. The zero-order valence-corrected chi connectivity index (χ0v) is 34.3. The molecule has 6 heteroatoms. The molecule has 0 saturated carbocycles. The van der Waals surface area contributed by atoms with Gasteiger partial charge in [-0.05, 0) is 152 Å². The second kappa shape index (κ2) is 15.4. The number of hydrogen-bond acceptors (Lipinski definition) is 5. The molecule has 2 unspecified atom stereocenters. The van der Waals surface area contributed by atoms with Gasteiger partial charge in [-0.15, -0.1) is 0 Å². The molecular weight excluding hydrogens is 675 g/mol. The molecule has 1 aliphatic heterocycles. The van der Waals surface area contributed by atoms with E-state index in [9.17, 15) is 4.79 Å². The van der Waals surface area contributed by atoms with Crippen molar-refractivity contribution in [1.82, 2.24) is 0 Å². The van der Waals surface area contributed by atoms with Crippen LogP contribution >= 0.6 is 7.92 Å². The van der Waals surface area contributed by atoms with Crippen molar-refractivity contribution < 1.29 is 23.7 Å². The molecule has 2 atom stereocenters. The molecular formula is C47H53O5P. The van der Waals surface area contributed by atoms with E-state index in [2.05, 4.69) is 85.7 Å². The maximum absolute atomic E-state index is 14.4. The van der Waals surface area contributed by atoms with Gasteiger partial charge in [-0.2, -0.15) is 0 Å². The van der Waals surface area contributed by atoms with Crippen LogP contribution in [-0.4, -0.2) is 34.2 Å². The van der Waals surface area contributed by atoms with Crippen molar-refractivity contribution in [3.05, 3.63) is 122 Å². The van der Waals surface area contributed by atoms with Gasteiger partial charge in [-0.1, -0.05) is 50.4 Å². The average molecular weight is 729 g/mol. The van der Waals surface area contributed by atoms with Crippen LogP contribution in [0.4, 0.5) is 0 Å². The first-order chi connectivity index (χ1) is 25.4. The zero-order valence-electron chi connectivity index (χ0n) is 33.4. The highest BCUT2D eigenvalue weighted by molar-refractivity contribution is 7.67. The molecule has 53 heavy (non-hydrogen) atoms. The number of aryl methyl sites for hydroxylation is 4. The minimum atomic E-state index is -1.28. The van der Waals surface area contributed by atoms with Gasteiger partial charge in [-0.3, -0.25) is 4.79 Å². The lowest BCUT2D eigenvalue weighted by Gasteiger charge is -2.42. The van der Waals surface area contributed by atoms with E-state index >= 15 is 0 Å². The van der Waals surface area contributed by atoms with Gasteiger partial charge in [0.15, 0.2) is 0 Å². The monoisotopic (exact) mass is 728 g/mol. The number of carbonyl (C=O) groups is 1. The fraction of sp³-hybridized carbons (Fsp3) is 0.340. The highest BCUT2D eigenvalue weighted by Gasteiger charge is 2.46. The number of benzene rings is 5. The standard InChI is InChI=1S/C47H53O5P/c1-26-22-27(2)31(6)43(30(26)5)35-16-13-17-36(44-32(7)28(3)23-29(4)33(44)8)47(35)53-41(45-37(49-9)18-14-19-38(45)50-10)24-34(48)25-42(53)46-39(51-11)20-15-21-40(46)52-12/h13-23,41-42H,24-25H2,1-12H3. The van der Waals surface area contributed by atoms with Crippen LogP contribution in [0.25, 0.3) is 22.3 Å². The van der Waals surface area contributed by atoms with Gasteiger partial charge in [0.2, 0.25) is 0 Å². The van der Waals surface area contributed by atoms with Gasteiger partial charge < -0.3 is 18.9 Å². The van der Waals surface area contributed by atoms with Gasteiger partial charge in [0.1, 0.15) is 28.8 Å². The molecule has 0 aliphatic carbocycles. The third-order valence-corrected chi connectivity index (χ3v) is 14.9. The normalized spacial score (nSPS) is 17.1. The molecule has 1 aliphatic rings. The average Bonchev–Trinajstić information content (AvgIpc) is 3.15. The van der Waals surface area contributed by atoms with E-state index in [1.165, 1.54) is 72.1 Å². The number of ether oxygens (including phenoxy) is 4. The first kappa shape index (κ1) is 38.1. The summed E-state index contributed by atoms with van der Waals surface area (Å²) in [5.74, 6) is 3.08. The Morgan fingerprint density at radius 2 is 0.792 bits per heavy atom. The van der Waals surface area contributed by atoms with E-state index in [4.69, 9.17) is 18.9 Å². The first-order valence-electron chi connectivity index (χ1n) is 18.4. The van der Waals surface area contributed by atoms with Crippen LogP contribution in [0, 0.1) is 55.4 Å². The Balaban J connectivity index is 1.87. The van der Waals surface area contributed by atoms with Crippen LogP contribution in [0.2, 0.25) is 0 Å². The molecule has 1 fully saturated rings. The molecule has 5 nitrogen and oxygen atoms in total. The highest BCUT2D eigenvalue weighted by atomic mass is 31.1. The van der Waals surface area contributed by atoms with Crippen molar-refractivity contribution in [2.24, 2.45) is 0 Å². The van der Waals surface area contributed by atoms with Crippen molar-refractivity contribution in [2.75, 3.05) is 28.4 Å². The van der Waals surface area contributed by atoms with Crippen molar-refractivity contribution in [3.63, 3.8) is 0 Å². The van der Waals surface area contributed by atoms with E-state index < -0.39 is 7.92 Å². The van der Waals surface area contributed by atoms with Crippen molar-refractivity contribution >= 4 is 19.0 Å². The minimum absolute atomic E-state index is 0.191. The number of methoxy groups -OCH3 is 4. The Kier molecular flexibility index (Phi) is 11.1. The predicted molar refractivity (Wildman–Crippen MR) is 221 cm³/mol. The Morgan fingerprint density at radius 1 is 0.491 bits per heavy atom. The summed E-state index contributed by atoms with van der Waals surface area (Å²) in [5, 5.41) is 1.28. The van der Waals surface area contributed by atoms with Crippen LogP contribution in [-0.2, 0) is 4.79 Å². The maximum atomic E-state index is 14.4. The van der Waals surface area contributed by atoms with Gasteiger partial charge in [0.05, 0.1) is 28.4 Å². The number of ketones is 1. The summed E-state index contributed by atoms with van der Waals surface area (Å²) in [5.41, 5.74) is 16.4. The number of hydrogen-bond donors (Lipinski definition) is 0. The molecule has 0 N–H and O–H groups in total. The predicted octanol–water partition coefficient (Wildman–Crippen LogP) is 11.5. The van der Waals surface area contributed by atoms with Crippen molar-refractivity contribution in [2.45, 2.75) is 79.5 Å². The minimum Gasteiger partial charge on any atom is -0.496 e. The molecule has 0 radical (unpaired) electrons. The van der Waals surface area contributed by atoms with E-state index in [0.29, 0.717) is 12.8 Å². The number of rotatable bonds is 9. The third-order valence-electron chi connectivity index (χ3n) is 11.7. The lowest BCUT2D eigenvalue weighted by Crippen LogP contribution is -2.27. The van der Waals surface area contributed by atoms with Gasteiger partial charge in [0, 0.05) is 35.3 Å². The summed E-state index contributed by atoms with van der Waals surface area (Å²) in [6, 6.07) is 23.3. The van der Waals surface area contributed by atoms with E-state index in [1.807, 2.05) is 36.4 Å². The van der Waals surface area contributed by atoms with Crippen LogP contribution in [0.15, 0.2) is 66.7 Å². The van der Waals surface area contributed by atoms with E-state index in [0.717, 1.165) is 34.1 Å². The van der Waals surface area contributed by atoms with Crippen molar-refractivity contribution in [3.8, 4) is 45.3 Å². The van der Waals surface area contributed by atoms with Gasteiger partial charge >= 0.3 is 0 Å². The summed E-state index contributed by atoms with van der Waals surface area (Å²) in [7, 11) is 5.54. The maximum Gasteiger partial charge on any atom is 0.134 e. The molecule has 0 aromatic heterocycles. The molecule has 1 saturated heterocycles. The van der Waals surface area contributed by atoms with Crippen LogP contribution < -0.4 is 24.3 Å². The molecule has 0 spiro atoms. The summed E-state index contributed by atoms with van der Waals surface area (Å²) in [6.07, 6.45) is 0.722. The molecule has 276 valence electrons. The lowest BCUT2D eigenvalue weighted by atomic mass is 9.85. The highest BCUT2D eigenvalue weighted by Crippen LogP contribution is 2.71. The van der Waals surface area contributed by atoms with Crippen LogP contribution in [0.3, 0.4) is 0 Å². The number of carbonyl (C=O) groups excluding carboxylic acids is 1. The molecule has 0 bridgehead atoms. The molecule has 0 amide bonds. The summed E-state index contributed by atoms with van der Waals surface area (Å²) in [6.45, 7) is 17.8. The van der Waals surface area contributed by atoms with Crippen LogP contribution in [0.5, 0.6) is 23.0 Å². The second-order valence-corrected chi connectivity index (χ2v) is 17.0. The Bertz CT molecular complexity index is 1970.